The maximum atomic E-state index is 12.3. The lowest BCUT2D eigenvalue weighted by Crippen LogP contribution is -2.47. The van der Waals surface area contributed by atoms with Crippen molar-refractivity contribution >= 4 is 11.6 Å². The smallest absolute Gasteiger partial charge is 0.217 e. The van der Waals surface area contributed by atoms with Crippen LogP contribution in [0.5, 0.6) is 0 Å². The van der Waals surface area contributed by atoms with Gasteiger partial charge in [0.15, 0.2) is 0 Å². The normalized spacial score (nSPS) is 14.4. The summed E-state index contributed by atoms with van der Waals surface area (Å²) in [4.78, 5) is 26.2. The minimum atomic E-state index is -0.778. The van der Waals surface area contributed by atoms with Gasteiger partial charge in [0, 0.05) is 0 Å². The van der Waals surface area contributed by atoms with Gasteiger partial charge in [-0.3, -0.25) is 19.8 Å². The number of Topliss-reactive ketones (excluding diaryl/α,β-unsaturated/α-hetero) is 2. The Hall–Kier alpha value is -0.900. The maximum Gasteiger partial charge on any atom is 0.217 e. The zero-order chi connectivity index (χ0) is 17.1. The Bertz CT molecular complexity index is 335. The predicted molar refractivity (Wildman–Crippen MR) is 87.8 cm³/mol. The summed E-state index contributed by atoms with van der Waals surface area (Å²) < 4.78 is 0. The Balaban J connectivity index is 4.36. The van der Waals surface area contributed by atoms with E-state index in [1.54, 1.807) is 19.0 Å². The van der Waals surface area contributed by atoms with E-state index in [2.05, 4.69) is 5.32 Å². The van der Waals surface area contributed by atoms with Crippen molar-refractivity contribution in [2.75, 3.05) is 27.2 Å². The molecule has 0 amide bonds. The van der Waals surface area contributed by atoms with Crippen molar-refractivity contribution in [3.05, 3.63) is 0 Å². The van der Waals surface area contributed by atoms with Crippen LogP contribution in [0.15, 0.2) is 0 Å². The van der Waals surface area contributed by atoms with Gasteiger partial charge in [0.05, 0.1) is 12.1 Å². The highest BCUT2D eigenvalue weighted by atomic mass is 16.2. The van der Waals surface area contributed by atoms with Crippen LogP contribution in [-0.2, 0) is 9.59 Å². The summed E-state index contributed by atoms with van der Waals surface area (Å²) >= 11 is 0. The highest BCUT2D eigenvalue weighted by molar-refractivity contribution is 6.40. The number of likely N-dealkylation sites (N-methyl/N-ethyl adjacent to an activating group) is 1. The molecular weight excluding hydrogens is 284 g/mol. The number of nitrogens with zero attached hydrogens (tertiary/aromatic N) is 1. The number of nitrogens with one attached hydrogen (secondary N) is 1. The van der Waals surface area contributed by atoms with E-state index < -0.39 is 29.9 Å². The fourth-order valence-electron chi connectivity index (χ4n) is 2.17. The summed E-state index contributed by atoms with van der Waals surface area (Å²) in [6.07, 6.45) is 2.73. The van der Waals surface area contributed by atoms with Crippen LogP contribution in [0.4, 0.5) is 0 Å². The number of carbonyl (C=O) groups is 2. The number of ketones is 2. The van der Waals surface area contributed by atoms with Crippen molar-refractivity contribution in [3.8, 4) is 0 Å². The van der Waals surface area contributed by atoms with Gasteiger partial charge >= 0.3 is 0 Å². The number of nitrogens with two attached hydrogens (primary N) is 4. The largest absolute Gasteiger partial charge is 0.330 e. The number of unbranched alkanes of at least 4 members (excludes halogenated alkanes) is 1. The van der Waals surface area contributed by atoms with E-state index in [9.17, 15) is 9.59 Å². The van der Waals surface area contributed by atoms with E-state index >= 15 is 0 Å². The number of carbonyl (C=O) groups excluding carboxylic acids is 2. The van der Waals surface area contributed by atoms with Crippen molar-refractivity contribution in [2.45, 2.75) is 50.5 Å². The molecule has 0 unspecified atom stereocenters. The predicted octanol–water partition coefficient (Wildman–Crippen LogP) is -1.92. The summed E-state index contributed by atoms with van der Waals surface area (Å²) in [6.45, 7) is 1.14. The first kappa shape index (κ1) is 21.1. The molecule has 0 aromatic rings. The molecule has 0 rings (SSSR count). The molecule has 8 nitrogen and oxygen atoms in total. The van der Waals surface area contributed by atoms with E-state index in [4.69, 9.17) is 22.9 Å². The fourth-order valence-corrected chi connectivity index (χ4v) is 2.17. The number of hydrogen-bond acceptors (Lipinski definition) is 8. The van der Waals surface area contributed by atoms with Gasteiger partial charge in [-0.2, -0.15) is 0 Å². The van der Waals surface area contributed by atoms with Gasteiger partial charge in [-0.25, -0.2) is 0 Å². The molecule has 0 bridgehead atoms. The third-order valence-corrected chi connectivity index (χ3v) is 3.51. The van der Waals surface area contributed by atoms with Crippen molar-refractivity contribution in [2.24, 2.45) is 22.9 Å². The first-order valence-electron chi connectivity index (χ1n) is 7.76. The first-order valence-corrected chi connectivity index (χ1v) is 7.76. The van der Waals surface area contributed by atoms with Gasteiger partial charge in [-0.1, -0.05) is 6.42 Å². The van der Waals surface area contributed by atoms with Crippen molar-refractivity contribution in [1.29, 1.82) is 0 Å². The summed E-state index contributed by atoms with van der Waals surface area (Å²) in [7, 11) is 3.58. The van der Waals surface area contributed by atoms with Gasteiger partial charge < -0.3 is 22.9 Å². The van der Waals surface area contributed by atoms with E-state index in [0.29, 0.717) is 32.4 Å². The quantitative estimate of drug-likeness (QED) is 0.150. The highest BCUT2D eigenvalue weighted by Crippen LogP contribution is 2.09. The van der Waals surface area contributed by atoms with Gasteiger partial charge in [-0.05, 0) is 52.9 Å². The van der Waals surface area contributed by atoms with E-state index in [0.717, 1.165) is 12.8 Å². The second kappa shape index (κ2) is 11.6. The number of hydrogen-bond donors (Lipinski definition) is 5. The van der Waals surface area contributed by atoms with Crippen LogP contribution in [-0.4, -0.2) is 62.0 Å². The molecule has 0 aromatic heterocycles. The SMILES string of the molecule is CN(C)[C@@H](CCCCN)C(=O)C(=O)[C@@H](N)CCCNC(N)N. The van der Waals surface area contributed by atoms with Crippen molar-refractivity contribution < 1.29 is 9.59 Å². The molecule has 0 radical (unpaired) electrons. The van der Waals surface area contributed by atoms with E-state index in [-0.39, 0.29) is 0 Å². The van der Waals surface area contributed by atoms with Gasteiger partial charge in [0.1, 0.15) is 6.29 Å². The van der Waals surface area contributed by atoms with Crippen LogP contribution in [0, 0.1) is 0 Å². The second-order valence-corrected chi connectivity index (χ2v) is 5.72. The molecule has 130 valence electrons. The molecule has 0 aromatic carbocycles. The average Bonchev–Trinajstić information content (AvgIpc) is 2.45. The molecule has 9 N–H and O–H groups in total. The molecule has 0 saturated carbocycles. The molecule has 0 spiro atoms. The topological polar surface area (TPSA) is 153 Å². The summed E-state index contributed by atoms with van der Waals surface area (Å²) in [5.41, 5.74) is 22.0. The molecule has 0 aliphatic carbocycles. The molecule has 0 aliphatic rings. The van der Waals surface area contributed by atoms with Crippen molar-refractivity contribution in [1.82, 2.24) is 10.2 Å². The molecule has 0 fully saturated rings. The van der Waals surface area contributed by atoms with Gasteiger partial charge in [0.25, 0.3) is 0 Å². The Labute approximate surface area is 132 Å². The Morgan fingerprint density at radius 3 is 2.14 bits per heavy atom. The lowest BCUT2D eigenvalue weighted by molar-refractivity contribution is -0.140. The van der Waals surface area contributed by atoms with Crippen LogP contribution >= 0.6 is 0 Å². The van der Waals surface area contributed by atoms with Crippen LogP contribution < -0.4 is 28.3 Å². The second-order valence-electron chi connectivity index (χ2n) is 5.72. The van der Waals surface area contributed by atoms with Gasteiger partial charge in [-0.15, -0.1) is 0 Å². The van der Waals surface area contributed by atoms with Crippen LogP contribution in [0.3, 0.4) is 0 Å². The minimum Gasteiger partial charge on any atom is -0.330 e. The molecule has 8 heteroatoms. The maximum absolute atomic E-state index is 12.3. The molecule has 0 saturated heterocycles. The minimum absolute atomic E-state index is 0.419. The standard InChI is InChI=1S/C14H32N6O2/c1-20(2)11(7-3-4-8-15)13(22)12(21)10(16)6-5-9-19-14(17)18/h10-11,14,19H,3-9,15-18H2,1-2H3/t10-,11-/m0/s1. The zero-order valence-electron chi connectivity index (χ0n) is 13.8. The molecule has 2 atom stereocenters. The van der Waals surface area contributed by atoms with Gasteiger partial charge in [0.2, 0.25) is 11.6 Å². The zero-order valence-corrected chi connectivity index (χ0v) is 13.8. The third kappa shape index (κ3) is 8.52. The van der Waals surface area contributed by atoms with Crippen LogP contribution in [0.2, 0.25) is 0 Å². The average molecular weight is 316 g/mol. The Morgan fingerprint density at radius 1 is 1.00 bits per heavy atom. The van der Waals surface area contributed by atoms with Crippen LogP contribution in [0.1, 0.15) is 32.1 Å². The summed E-state index contributed by atoms with van der Waals surface area (Å²) in [5, 5.41) is 2.83. The number of rotatable bonds is 13. The van der Waals surface area contributed by atoms with Crippen LogP contribution in [0.25, 0.3) is 0 Å². The monoisotopic (exact) mass is 316 g/mol. The van der Waals surface area contributed by atoms with Crippen molar-refractivity contribution in [3.63, 3.8) is 0 Å². The molecule has 22 heavy (non-hydrogen) atoms. The third-order valence-electron chi connectivity index (χ3n) is 3.51. The lowest BCUT2D eigenvalue weighted by atomic mass is 9.96. The molecule has 0 heterocycles. The lowest BCUT2D eigenvalue weighted by Gasteiger charge is -2.23. The summed E-state index contributed by atoms with van der Waals surface area (Å²) in [5.74, 6) is -0.929. The molecular formula is C14H32N6O2. The highest BCUT2D eigenvalue weighted by Gasteiger charge is 2.29. The first-order chi connectivity index (χ1) is 10.3. The van der Waals surface area contributed by atoms with E-state index in [1.165, 1.54) is 0 Å². The fraction of sp³-hybridized carbons (Fsp3) is 0.857. The Morgan fingerprint density at radius 2 is 1.64 bits per heavy atom. The van der Waals surface area contributed by atoms with E-state index in [1.807, 2.05) is 0 Å². The molecule has 0 aliphatic heterocycles. The summed E-state index contributed by atoms with van der Waals surface area (Å²) in [6, 6.07) is -1.21. The Kier molecular flexibility index (Phi) is 11.2.